The first-order valence-electron chi connectivity index (χ1n) is 5.08. The first-order chi connectivity index (χ1) is 8.13. The molecule has 2 aromatic rings. The van der Waals surface area contributed by atoms with E-state index >= 15 is 0 Å². The molecule has 0 saturated heterocycles. The Labute approximate surface area is 108 Å². The number of carbonyl (C=O) groups excluding carboxylic acids is 1. The maximum Gasteiger partial charge on any atom is 0.225 e. The number of amides is 1. The van der Waals surface area contributed by atoms with Crippen LogP contribution in [0.1, 0.15) is 13.3 Å². The normalized spacial score (nSPS) is 10.5. The van der Waals surface area contributed by atoms with E-state index in [1.165, 1.54) is 11.3 Å². The third-order valence-corrected chi connectivity index (χ3v) is 3.46. The molecular weight excluding hydrogens is 260 g/mol. The van der Waals surface area contributed by atoms with E-state index in [-0.39, 0.29) is 5.91 Å². The summed E-state index contributed by atoms with van der Waals surface area (Å²) in [7, 11) is 1.56. The summed E-state index contributed by atoms with van der Waals surface area (Å²) in [5.41, 5.74) is 0.757. The third-order valence-electron chi connectivity index (χ3n) is 2.23. The summed E-state index contributed by atoms with van der Waals surface area (Å²) in [5, 5.41) is 3.81. The van der Waals surface area contributed by atoms with Crippen molar-refractivity contribution in [3.05, 3.63) is 17.2 Å². The molecule has 17 heavy (non-hydrogen) atoms. The van der Waals surface area contributed by atoms with E-state index in [1.807, 2.05) is 6.07 Å². The second-order valence-corrected chi connectivity index (χ2v) is 4.81. The predicted molar refractivity (Wildman–Crippen MR) is 70.1 cm³/mol. The van der Waals surface area contributed by atoms with E-state index in [0.717, 1.165) is 10.2 Å². The van der Waals surface area contributed by atoms with Gasteiger partial charge in [-0.15, -0.1) is 0 Å². The summed E-state index contributed by atoms with van der Waals surface area (Å²) in [6, 6.07) is 3.55. The summed E-state index contributed by atoms with van der Waals surface area (Å²) >= 11 is 7.40. The number of aromatic nitrogens is 1. The van der Waals surface area contributed by atoms with E-state index in [2.05, 4.69) is 10.3 Å². The molecule has 0 bridgehead atoms. The largest absolute Gasteiger partial charge is 0.495 e. The van der Waals surface area contributed by atoms with Gasteiger partial charge in [0.25, 0.3) is 0 Å². The van der Waals surface area contributed by atoms with Gasteiger partial charge in [0.05, 0.1) is 22.3 Å². The standard InChI is InChI=1S/C11H11ClN2O2S/c1-3-10(15)14-11-13-7-4-6(12)8(16-2)5-9(7)17-11/h4-5H,3H2,1-2H3,(H,13,14,15). The van der Waals surface area contributed by atoms with Crippen LogP contribution >= 0.6 is 22.9 Å². The Morgan fingerprint density at radius 1 is 1.59 bits per heavy atom. The van der Waals surface area contributed by atoms with Crippen molar-refractivity contribution >= 4 is 44.2 Å². The first kappa shape index (κ1) is 12.1. The number of fused-ring (bicyclic) bond motifs is 1. The van der Waals surface area contributed by atoms with Gasteiger partial charge >= 0.3 is 0 Å². The molecule has 0 spiro atoms. The van der Waals surface area contributed by atoms with Crippen molar-refractivity contribution in [3.8, 4) is 5.75 Å². The Kier molecular flexibility index (Phi) is 3.49. The molecule has 90 valence electrons. The van der Waals surface area contributed by atoms with Crippen molar-refractivity contribution in [3.63, 3.8) is 0 Å². The van der Waals surface area contributed by atoms with Gasteiger partial charge in [-0.3, -0.25) is 4.79 Å². The lowest BCUT2D eigenvalue weighted by Crippen LogP contribution is -2.08. The average molecular weight is 271 g/mol. The number of carbonyl (C=O) groups is 1. The number of methoxy groups -OCH3 is 1. The van der Waals surface area contributed by atoms with E-state index in [9.17, 15) is 4.79 Å². The molecule has 1 N–H and O–H groups in total. The van der Waals surface area contributed by atoms with Gasteiger partial charge in [-0.05, 0) is 6.07 Å². The number of hydrogen-bond acceptors (Lipinski definition) is 4. The second-order valence-electron chi connectivity index (χ2n) is 3.38. The second kappa shape index (κ2) is 4.89. The number of ether oxygens (including phenoxy) is 1. The highest BCUT2D eigenvalue weighted by atomic mass is 35.5. The van der Waals surface area contributed by atoms with Crippen molar-refractivity contribution in [2.75, 3.05) is 12.4 Å². The van der Waals surface area contributed by atoms with Crippen LogP contribution in [0.3, 0.4) is 0 Å². The first-order valence-corrected chi connectivity index (χ1v) is 6.27. The molecule has 0 radical (unpaired) electrons. The molecule has 1 heterocycles. The molecule has 2 rings (SSSR count). The molecule has 0 aliphatic carbocycles. The Balaban J connectivity index is 2.40. The number of nitrogens with one attached hydrogen (secondary N) is 1. The summed E-state index contributed by atoms with van der Waals surface area (Å²) < 4.78 is 6.05. The van der Waals surface area contributed by atoms with Gasteiger partial charge in [0.1, 0.15) is 5.75 Å². The molecule has 1 aromatic heterocycles. The number of halogens is 1. The van der Waals surface area contributed by atoms with Gasteiger partial charge < -0.3 is 10.1 Å². The molecule has 0 aliphatic rings. The van der Waals surface area contributed by atoms with Crippen LogP contribution in [0.2, 0.25) is 5.02 Å². The van der Waals surface area contributed by atoms with E-state index in [0.29, 0.717) is 22.3 Å². The van der Waals surface area contributed by atoms with Gasteiger partial charge in [-0.1, -0.05) is 29.9 Å². The molecule has 0 saturated carbocycles. The monoisotopic (exact) mass is 270 g/mol. The average Bonchev–Trinajstić information content (AvgIpc) is 2.68. The van der Waals surface area contributed by atoms with Crippen LogP contribution in [0.4, 0.5) is 5.13 Å². The van der Waals surface area contributed by atoms with Gasteiger partial charge in [0, 0.05) is 12.5 Å². The Morgan fingerprint density at radius 3 is 3.00 bits per heavy atom. The summed E-state index contributed by atoms with van der Waals surface area (Å²) in [5.74, 6) is 0.554. The molecule has 1 amide bonds. The van der Waals surface area contributed by atoms with Crippen LogP contribution in [0, 0.1) is 0 Å². The zero-order chi connectivity index (χ0) is 12.4. The van der Waals surface area contributed by atoms with Gasteiger partial charge in [0.2, 0.25) is 5.91 Å². The molecule has 0 unspecified atom stereocenters. The van der Waals surface area contributed by atoms with Gasteiger partial charge in [-0.2, -0.15) is 0 Å². The van der Waals surface area contributed by atoms with Gasteiger partial charge in [0.15, 0.2) is 5.13 Å². The number of nitrogens with zero attached hydrogens (tertiary/aromatic N) is 1. The minimum Gasteiger partial charge on any atom is -0.495 e. The smallest absolute Gasteiger partial charge is 0.225 e. The summed E-state index contributed by atoms with van der Waals surface area (Å²) in [6.07, 6.45) is 0.431. The zero-order valence-electron chi connectivity index (χ0n) is 9.41. The maximum atomic E-state index is 11.3. The van der Waals surface area contributed by atoms with Crippen molar-refractivity contribution in [1.29, 1.82) is 0 Å². The highest BCUT2D eigenvalue weighted by Gasteiger charge is 2.10. The van der Waals surface area contributed by atoms with Crippen molar-refractivity contribution in [2.24, 2.45) is 0 Å². The molecular formula is C11H11ClN2O2S. The van der Waals surface area contributed by atoms with Crippen LogP contribution in [0.15, 0.2) is 12.1 Å². The van der Waals surface area contributed by atoms with Gasteiger partial charge in [-0.25, -0.2) is 4.98 Å². The zero-order valence-corrected chi connectivity index (χ0v) is 11.0. The Bertz CT molecular complexity index is 568. The number of rotatable bonds is 3. The van der Waals surface area contributed by atoms with E-state index in [1.54, 1.807) is 20.1 Å². The lowest BCUT2D eigenvalue weighted by atomic mass is 10.3. The highest BCUT2D eigenvalue weighted by Crippen LogP contribution is 2.34. The van der Waals surface area contributed by atoms with Crippen molar-refractivity contribution in [1.82, 2.24) is 4.98 Å². The molecule has 0 aliphatic heterocycles. The Hall–Kier alpha value is -1.33. The molecule has 1 aromatic carbocycles. The lowest BCUT2D eigenvalue weighted by molar-refractivity contribution is -0.115. The minimum atomic E-state index is -0.0536. The number of hydrogen-bond donors (Lipinski definition) is 1. The lowest BCUT2D eigenvalue weighted by Gasteiger charge is -2.00. The van der Waals surface area contributed by atoms with Crippen LogP contribution in [0.5, 0.6) is 5.75 Å². The molecule has 6 heteroatoms. The number of thiazole rings is 1. The number of benzene rings is 1. The van der Waals surface area contributed by atoms with Crippen molar-refractivity contribution in [2.45, 2.75) is 13.3 Å². The Morgan fingerprint density at radius 2 is 2.35 bits per heavy atom. The minimum absolute atomic E-state index is 0.0536. The summed E-state index contributed by atoms with van der Waals surface area (Å²) in [6.45, 7) is 1.79. The van der Waals surface area contributed by atoms with Crippen LogP contribution < -0.4 is 10.1 Å². The van der Waals surface area contributed by atoms with Crippen LogP contribution in [-0.4, -0.2) is 18.0 Å². The predicted octanol–water partition coefficient (Wildman–Crippen LogP) is 3.31. The third kappa shape index (κ3) is 2.50. The van der Waals surface area contributed by atoms with E-state index in [4.69, 9.17) is 16.3 Å². The quantitative estimate of drug-likeness (QED) is 0.931. The van der Waals surface area contributed by atoms with Crippen LogP contribution in [-0.2, 0) is 4.79 Å². The fourth-order valence-corrected chi connectivity index (χ4v) is 2.47. The van der Waals surface area contributed by atoms with Crippen LogP contribution in [0.25, 0.3) is 10.2 Å². The summed E-state index contributed by atoms with van der Waals surface area (Å²) in [4.78, 5) is 15.5. The molecule has 0 atom stereocenters. The fraction of sp³-hybridized carbons (Fsp3) is 0.273. The van der Waals surface area contributed by atoms with E-state index < -0.39 is 0 Å². The van der Waals surface area contributed by atoms with Crippen molar-refractivity contribution < 1.29 is 9.53 Å². The maximum absolute atomic E-state index is 11.3. The topological polar surface area (TPSA) is 51.2 Å². The molecule has 4 nitrogen and oxygen atoms in total. The SMILES string of the molecule is CCC(=O)Nc1nc2cc(Cl)c(OC)cc2s1. The highest BCUT2D eigenvalue weighted by molar-refractivity contribution is 7.22. The fourth-order valence-electron chi connectivity index (χ4n) is 1.35. The number of anilines is 1. The molecule has 0 fully saturated rings.